The average molecular weight is 489 g/mol. The van der Waals surface area contributed by atoms with Gasteiger partial charge in [0.1, 0.15) is 5.82 Å². The van der Waals surface area contributed by atoms with E-state index in [1.54, 1.807) is 24.3 Å². The molecule has 1 saturated heterocycles. The van der Waals surface area contributed by atoms with Crippen LogP contribution in [0.1, 0.15) is 27.1 Å². The quantitative estimate of drug-likeness (QED) is 0.554. The van der Waals surface area contributed by atoms with Gasteiger partial charge in [-0.25, -0.2) is 12.8 Å². The van der Waals surface area contributed by atoms with E-state index < -0.39 is 15.8 Å². The molecule has 0 aliphatic carbocycles. The normalized spacial score (nSPS) is 17.1. The van der Waals surface area contributed by atoms with E-state index in [0.717, 1.165) is 17.0 Å². The molecule has 0 atom stereocenters. The summed E-state index contributed by atoms with van der Waals surface area (Å²) in [4.78, 5) is 40.1. The molecule has 1 N–H and O–H groups in total. The summed E-state index contributed by atoms with van der Waals surface area (Å²) >= 11 is 0. The fraction of sp³-hybridized carbons (Fsp3) is 0.348. The van der Waals surface area contributed by atoms with Gasteiger partial charge in [-0.15, -0.1) is 0 Å². The van der Waals surface area contributed by atoms with E-state index >= 15 is 0 Å². The molecule has 4 rings (SSSR count). The highest BCUT2D eigenvalue weighted by molar-refractivity contribution is 7.89. The highest BCUT2D eigenvalue weighted by Crippen LogP contribution is 2.22. The molecular formula is C23H25FN4O5S. The number of nitrogens with zero attached hydrogens (tertiary/aromatic N) is 3. The number of rotatable bonds is 8. The highest BCUT2D eigenvalue weighted by Gasteiger charge is 2.35. The van der Waals surface area contributed by atoms with Crippen LogP contribution in [0.25, 0.3) is 0 Å². The molecule has 180 valence electrons. The molecule has 1 fully saturated rings. The molecule has 0 bridgehead atoms. The van der Waals surface area contributed by atoms with Crippen LogP contribution >= 0.6 is 0 Å². The van der Waals surface area contributed by atoms with Crippen LogP contribution in [0.4, 0.5) is 4.39 Å². The third kappa shape index (κ3) is 5.01. The summed E-state index contributed by atoms with van der Waals surface area (Å²) in [5.74, 6) is -1.53. The SMILES string of the molecule is O=C(CCN1C(=O)c2ccccc2C1=O)NCCN1CCN(S(=O)(=O)c2ccc(F)cc2)CC1. The van der Waals surface area contributed by atoms with Crippen LogP contribution in [-0.4, -0.2) is 86.1 Å². The number of piperazine rings is 1. The van der Waals surface area contributed by atoms with Gasteiger partial charge in [0.05, 0.1) is 16.0 Å². The fourth-order valence-electron chi connectivity index (χ4n) is 4.05. The average Bonchev–Trinajstić information content (AvgIpc) is 3.08. The summed E-state index contributed by atoms with van der Waals surface area (Å²) in [6.07, 6.45) is 0.00909. The number of sulfonamides is 1. The Kier molecular flexibility index (Phi) is 7.05. The van der Waals surface area contributed by atoms with Crippen LogP contribution in [0.15, 0.2) is 53.4 Å². The van der Waals surface area contributed by atoms with Gasteiger partial charge < -0.3 is 5.32 Å². The highest BCUT2D eigenvalue weighted by atomic mass is 32.2. The summed E-state index contributed by atoms with van der Waals surface area (Å²) in [6, 6.07) is 11.3. The Labute approximate surface area is 197 Å². The minimum absolute atomic E-state index is 0.00909. The second-order valence-electron chi connectivity index (χ2n) is 8.11. The monoisotopic (exact) mass is 488 g/mol. The summed E-state index contributed by atoms with van der Waals surface area (Å²) in [7, 11) is -3.67. The lowest BCUT2D eigenvalue weighted by Gasteiger charge is -2.34. The van der Waals surface area contributed by atoms with Gasteiger partial charge >= 0.3 is 0 Å². The van der Waals surface area contributed by atoms with Crippen molar-refractivity contribution >= 4 is 27.7 Å². The lowest BCUT2D eigenvalue weighted by Crippen LogP contribution is -2.50. The molecule has 11 heteroatoms. The Morgan fingerprint density at radius 1 is 0.882 bits per heavy atom. The van der Waals surface area contributed by atoms with E-state index in [1.807, 2.05) is 4.90 Å². The molecule has 0 saturated carbocycles. The van der Waals surface area contributed by atoms with Crippen molar-refractivity contribution in [1.29, 1.82) is 0 Å². The van der Waals surface area contributed by atoms with Crippen molar-refractivity contribution < 1.29 is 27.2 Å². The molecule has 0 radical (unpaired) electrons. The summed E-state index contributed by atoms with van der Waals surface area (Å²) in [5.41, 5.74) is 0.710. The predicted molar refractivity (Wildman–Crippen MR) is 121 cm³/mol. The Balaban J connectivity index is 1.17. The molecule has 2 aliphatic heterocycles. The zero-order chi connectivity index (χ0) is 24.3. The number of amides is 3. The predicted octanol–water partition coefficient (Wildman–Crippen LogP) is 0.935. The first-order valence-electron chi connectivity index (χ1n) is 11.0. The zero-order valence-corrected chi connectivity index (χ0v) is 19.3. The lowest BCUT2D eigenvalue weighted by molar-refractivity contribution is -0.121. The number of hydrogen-bond acceptors (Lipinski definition) is 6. The molecule has 2 aromatic rings. The molecule has 9 nitrogen and oxygen atoms in total. The zero-order valence-electron chi connectivity index (χ0n) is 18.4. The Morgan fingerprint density at radius 3 is 2.06 bits per heavy atom. The van der Waals surface area contributed by atoms with Crippen LogP contribution < -0.4 is 5.32 Å². The first-order valence-corrected chi connectivity index (χ1v) is 12.4. The van der Waals surface area contributed by atoms with E-state index in [1.165, 1.54) is 16.4 Å². The third-order valence-corrected chi connectivity index (χ3v) is 7.89. The molecular weight excluding hydrogens is 463 g/mol. The molecule has 2 aliphatic rings. The summed E-state index contributed by atoms with van der Waals surface area (Å²) < 4.78 is 39.8. The van der Waals surface area contributed by atoms with Crippen LogP contribution in [0.2, 0.25) is 0 Å². The molecule has 0 aromatic heterocycles. The minimum atomic E-state index is -3.67. The number of fused-ring (bicyclic) bond motifs is 1. The van der Waals surface area contributed by atoms with E-state index in [2.05, 4.69) is 5.32 Å². The Hall–Kier alpha value is -3.15. The van der Waals surface area contributed by atoms with Crippen LogP contribution in [0.5, 0.6) is 0 Å². The van der Waals surface area contributed by atoms with Crippen molar-refractivity contribution in [2.24, 2.45) is 0 Å². The molecule has 0 spiro atoms. The van der Waals surface area contributed by atoms with Crippen LogP contribution in [0.3, 0.4) is 0 Å². The summed E-state index contributed by atoms with van der Waals surface area (Å²) in [6.45, 7) is 2.53. The maximum atomic E-state index is 13.1. The third-order valence-electron chi connectivity index (χ3n) is 5.97. The van der Waals surface area contributed by atoms with Gasteiger partial charge in [-0.3, -0.25) is 24.2 Å². The van der Waals surface area contributed by atoms with Gasteiger partial charge in [0.15, 0.2) is 0 Å². The van der Waals surface area contributed by atoms with Crippen molar-refractivity contribution in [1.82, 2.24) is 19.4 Å². The number of benzene rings is 2. The Bertz CT molecular complexity index is 1160. The topological polar surface area (TPSA) is 107 Å². The standard InChI is InChI=1S/C23H25FN4O5S/c24-17-5-7-18(8-6-17)34(32,33)27-15-13-26(14-16-27)12-10-25-21(29)9-11-28-22(30)19-3-1-2-4-20(19)23(28)31/h1-8H,9-16H2,(H,25,29). The maximum Gasteiger partial charge on any atom is 0.261 e. The van der Waals surface area contributed by atoms with E-state index in [-0.39, 0.29) is 35.6 Å². The van der Waals surface area contributed by atoms with E-state index in [4.69, 9.17) is 0 Å². The fourth-order valence-corrected chi connectivity index (χ4v) is 5.47. The molecule has 34 heavy (non-hydrogen) atoms. The largest absolute Gasteiger partial charge is 0.355 e. The van der Waals surface area contributed by atoms with Gasteiger partial charge in [-0.05, 0) is 36.4 Å². The van der Waals surface area contributed by atoms with Crippen molar-refractivity contribution in [2.45, 2.75) is 11.3 Å². The molecule has 3 amide bonds. The first-order chi connectivity index (χ1) is 16.3. The van der Waals surface area contributed by atoms with Crippen molar-refractivity contribution in [3.8, 4) is 0 Å². The second kappa shape index (κ2) is 10.00. The van der Waals surface area contributed by atoms with Gasteiger partial charge in [0.25, 0.3) is 11.8 Å². The number of imide groups is 1. The maximum absolute atomic E-state index is 13.1. The van der Waals surface area contributed by atoms with Gasteiger partial charge in [0, 0.05) is 52.2 Å². The molecule has 2 heterocycles. The first kappa shape index (κ1) is 24.0. The van der Waals surface area contributed by atoms with Gasteiger partial charge in [0.2, 0.25) is 15.9 Å². The van der Waals surface area contributed by atoms with Crippen molar-refractivity contribution in [3.05, 3.63) is 65.5 Å². The van der Waals surface area contributed by atoms with Crippen LogP contribution in [0, 0.1) is 5.82 Å². The van der Waals surface area contributed by atoms with Crippen LogP contribution in [-0.2, 0) is 14.8 Å². The van der Waals surface area contributed by atoms with E-state index in [0.29, 0.717) is 50.4 Å². The summed E-state index contributed by atoms with van der Waals surface area (Å²) in [5, 5.41) is 2.78. The number of halogens is 1. The molecule has 2 aromatic carbocycles. The van der Waals surface area contributed by atoms with Gasteiger partial charge in [-0.2, -0.15) is 4.31 Å². The number of hydrogen-bond donors (Lipinski definition) is 1. The number of carbonyl (C=O) groups is 3. The van der Waals surface area contributed by atoms with Gasteiger partial charge in [-0.1, -0.05) is 12.1 Å². The number of carbonyl (C=O) groups excluding carboxylic acids is 3. The Morgan fingerprint density at radius 2 is 1.47 bits per heavy atom. The second-order valence-corrected chi connectivity index (χ2v) is 10.0. The van der Waals surface area contributed by atoms with Crippen molar-refractivity contribution in [3.63, 3.8) is 0 Å². The number of nitrogens with one attached hydrogen (secondary N) is 1. The minimum Gasteiger partial charge on any atom is -0.355 e. The lowest BCUT2D eigenvalue weighted by atomic mass is 10.1. The molecule has 0 unspecified atom stereocenters. The van der Waals surface area contributed by atoms with Crippen molar-refractivity contribution in [2.75, 3.05) is 45.8 Å². The smallest absolute Gasteiger partial charge is 0.261 e. The van der Waals surface area contributed by atoms with E-state index in [9.17, 15) is 27.2 Å².